The van der Waals surface area contributed by atoms with E-state index in [-0.39, 0.29) is 17.3 Å². The molecule has 1 N–H and O–H groups in total. The van der Waals surface area contributed by atoms with Crippen molar-refractivity contribution in [2.75, 3.05) is 11.4 Å². The lowest BCUT2D eigenvalue weighted by Crippen LogP contribution is -2.30. The Morgan fingerprint density at radius 3 is 2.90 bits per heavy atom. The van der Waals surface area contributed by atoms with Gasteiger partial charge in [0.05, 0.1) is 6.20 Å². The minimum absolute atomic E-state index is 0.0210. The van der Waals surface area contributed by atoms with Crippen LogP contribution in [0.3, 0.4) is 0 Å². The molecule has 0 saturated carbocycles. The predicted molar refractivity (Wildman–Crippen MR) is 70.8 cm³/mol. The third kappa shape index (κ3) is 1.54. The monoisotopic (exact) mass is 271 g/mol. The molecule has 0 atom stereocenters. The molecule has 7 nitrogen and oxygen atoms in total. The molecule has 1 aliphatic rings. The topological polar surface area (TPSA) is 94.5 Å². The van der Waals surface area contributed by atoms with Crippen LogP contribution in [-0.2, 0) is 6.42 Å². The summed E-state index contributed by atoms with van der Waals surface area (Å²) in [4.78, 5) is 17.6. The second kappa shape index (κ2) is 4.20. The molecule has 0 aliphatic carbocycles. The van der Waals surface area contributed by atoms with E-state index in [0.717, 1.165) is 12.4 Å². The first-order valence-corrected chi connectivity index (χ1v) is 6.35. The molecule has 1 aliphatic heterocycles. The summed E-state index contributed by atoms with van der Waals surface area (Å²) in [6.07, 6.45) is 2.05. The summed E-state index contributed by atoms with van der Waals surface area (Å²) in [5, 5.41) is 22.6. The Bertz CT molecular complexity index is 756. The summed E-state index contributed by atoms with van der Waals surface area (Å²) in [7, 11) is 0. The third-order valence-electron chi connectivity index (χ3n) is 3.54. The maximum Gasteiger partial charge on any atom is 0.355 e. The molecule has 0 radical (unpaired) electrons. The summed E-state index contributed by atoms with van der Waals surface area (Å²) in [6, 6.07) is 2.21. The van der Waals surface area contributed by atoms with E-state index in [4.69, 9.17) is 5.26 Å². The molecular formula is C13H13N5O2. The second-order valence-electron chi connectivity index (χ2n) is 5.01. The number of carboxylic acids is 1. The van der Waals surface area contributed by atoms with Gasteiger partial charge >= 0.3 is 5.97 Å². The van der Waals surface area contributed by atoms with Gasteiger partial charge in [0, 0.05) is 18.2 Å². The highest BCUT2D eigenvalue weighted by atomic mass is 16.4. The van der Waals surface area contributed by atoms with Crippen LogP contribution < -0.4 is 4.90 Å². The number of nitriles is 1. The lowest BCUT2D eigenvalue weighted by atomic mass is 10.2. The van der Waals surface area contributed by atoms with Crippen LogP contribution in [0.15, 0.2) is 6.20 Å². The molecule has 0 bridgehead atoms. The molecule has 0 fully saturated rings. The van der Waals surface area contributed by atoms with Crippen molar-refractivity contribution in [3.63, 3.8) is 0 Å². The van der Waals surface area contributed by atoms with Gasteiger partial charge in [-0.1, -0.05) is 0 Å². The average Bonchev–Trinajstić information content (AvgIpc) is 3.00. The fourth-order valence-electron chi connectivity index (χ4n) is 2.63. The van der Waals surface area contributed by atoms with E-state index in [1.165, 1.54) is 6.20 Å². The Kier molecular flexibility index (Phi) is 2.61. The average molecular weight is 271 g/mol. The van der Waals surface area contributed by atoms with Crippen molar-refractivity contribution in [3.8, 4) is 6.07 Å². The van der Waals surface area contributed by atoms with Gasteiger partial charge in [-0.15, -0.1) is 0 Å². The Hall–Kier alpha value is -2.62. The normalized spacial score (nSPS) is 13.8. The van der Waals surface area contributed by atoms with Crippen LogP contribution in [0.1, 0.15) is 35.5 Å². The summed E-state index contributed by atoms with van der Waals surface area (Å²) in [5.74, 6) is -0.330. The second-order valence-corrected chi connectivity index (χ2v) is 5.01. The molecular weight excluding hydrogens is 258 g/mol. The molecule has 7 heteroatoms. The maximum absolute atomic E-state index is 11.4. The molecule has 0 unspecified atom stereocenters. The van der Waals surface area contributed by atoms with Crippen LogP contribution in [0.4, 0.5) is 5.82 Å². The quantitative estimate of drug-likeness (QED) is 0.878. The van der Waals surface area contributed by atoms with E-state index in [1.54, 1.807) is 4.52 Å². The number of nitrogens with zero attached hydrogens (tertiary/aromatic N) is 5. The van der Waals surface area contributed by atoms with Crippen molar-refractivity contribution in [1.29, 1.82) is 5.26 Å². The molecule has 0 aromatic carbocycles. The SMILES string of the molecule is CC(C)N1CCc2c(C(=O)O)nc3c(C#N)cnn3c21. The molecule has 2 aromatic rings. The lowest BCUT2D eigenvalue weighted by molar-refractivity contribution is 0.0689. The smallest absolute Gasteiger partial charge is 0.355 e. The minimum Gasteiger partial charge on any atom is -0.476 e. The summed E-state index contributed by atoms with van der Waals surface area (Å²) in [6.45, 7) is 4.81. The van der Waals surface area contributed by atoms with E-state index in [2.05, 4.69) is 15.0 Å². The number of aromatic carboxylic acids is 1. The van der Waals surface area contributed by atoms with Gasteiger partial charge in [0.25, 0.3) is 0 Å². The summed E-state index contributed by atoms with van der Waals surface area (Å²) in [5.41, 5.74) is 1.29. The van der Waals surface area contributed by atoms with Gasteiger partial charge in [-0.2, -0.15) is 14.9 Å². The van der Waals surface area contributed by atoms with E-state index < -0.39 is 5.97 Å². The van der Waals surface area contributed by atoms with Gasteiger partial charge in [-0.05, 0) is 20.3 Å². The predicted octanol–water partition coefficient (Wildman–Crippen LogP) is 1.07. The van der Waals surface area contributed by atoms with Gasteiger partial charge in [-0.3, -0.25) is 0 Å². The van der Waals surface area contributed by atoms with Crippen LogP contribution in [0.25, 0.3) is 5.65 Å². The van der Waals surface area contributed by atoms with Gasteiger partial charge in [-0.25, -0.2) is 9.78 Å². The highest BCUT2D eigenvalue weighted by molar-refractivity contribution is 5.90. The first-order chi connectivity index (χ1) is 9.54. The third-order valence-corrected chi connectivity index (χ3v) is 3.54. The van der Waals surface area contributed by atoms with Crippen molar-refractivity contribution >= 4 is 17.4 Å². The van der Waals surface area contributed by atoms with Gasteiger partial charge < -0.3 is 10.0 Å². The fourth-order valence-corrected chi connectivity index (χ4v) is 2.63. The maximum atomic E-state index is 11.4. The number of carboxylic acid groups (broad SMARTS) is 1. The van der Waals surface area contributed by atoms with E-state index in [9.17, 15) is 9.90 Å². The van der Waals surface area contributed by atoms with E-state index >= 15 is 0 Å². The van der Waals surface area contributed by atoms with Crippen molar-refractivity contribution in [2.24, 2.45) is 0 Å². The van der Waals surface area contributed by atoms with Crippen LogP contribution in [-0.4, -0.2) is 38.3 Å². The Balaban J connectivity index is 2.39. The number of hydrogen-bond donors (Lipinski definition) is 1. The largest absolute Gasteiger partial charge is 0.476 e. The molecule has 0 spiro atoms. The Morgan fingerprint density at radius 2 is 2.30 bits per heavy atom. The molecule has 2 aromatic heterocycles. The molecule has 20 heavy (non-hydrogen) atoms. The van der Waals surface area contributed by atoms with Crippen LogP contribution >= 0.6 is 0 Å². The zero-order valence-corrected chi connectivity index (χ0v) is 11.2. The lowest BCUT2D eigenvalue weighted by Gasteiger charge is -2.24. The Labute approximate surface area is 115 Å². The first-order valence-electron chi connectivity index (χ1n) is 6.35. The highest BCUT2D eigenvalue weighted by Crippen LogP contribution is 2.32. The highest BCUT2D eigenvalue weighted by Gasteiger charge is 2.31. The number of hydrogen-bond acceptors (Lipinski definition) is 5. The van der Waals surface area contributed by atoms with E-state index in [1.807, 2.05) is 19.9 Å². The zero-order chi connectivity index (χ0) is 14.4. The van der Waals surface area contributed by atoms with Crippen molar-refractivity contribution in [3.05, 3.63) is 23.0 Å². The first kappa shape index (κ1) is 12.4. The van der Waals surface area contributed by atoms with Crippen LogP contribution in [0.2, 0.25) is 0 Å². The molecule has 102 valence electrons. The number of anilines is 1. The number of aromatic nitrogens is 3. The van der Waals surface area contributed by atoms with Gasteiger partial charge in [0.1, 0.15) is 17.5 Å². The molecule has 0 amide bonds. The van der Waals surface area contributed by atoms with Crippen molar-refractivity contribution in [2.45, 2.75) is 26.3 Å². The van der Waals surface area contributed by atoms with Crippen LogP contribution in [0.5, 0.6) is 0 Å². The van der Waals surface area contributed by atoms with Crippen molar-refractivity contribution < 1.29 is 9.90 Å². The fraction of sp³-hybridized carbons (Fsp3) is 0.385. The summed E-state index contributed by atoms with van der Waals surface area (Å²) < 4.78 is 1.58. The van der Waals surface area contributed by atoms with Crippen molar-refractivity contribution in [1.82, 2.24) is 14.6 Å². The number of carbonyl (C=O) groups is 1. The molecule has 3 rings (SSSR count). The summed E-state index contributed by atoms with van der Waals surface area (Å²) >= 11 is 0. The molecule has 0 saturated heterocycles. The standard InChI is InChI=1S/C13H13N5O2/c1-7(2)17-4-3-9-10(13(19)20)16-11-8(5-14)6-15-18(11)12(9)17/h6-7H,3-4H2,1-2H3,(H,19,20). The van der Waals surface area contributed by atoms with Gasteiger partial charge in [0.15, 0.2) is 11.3 Å². The minimum atomic E-state index is -1.07. The van der Waals surface area contributed by atoms with E-state index in [0.29, 0.717) is 17.6 Å². The van der Waals surface area contributed by atoms with Gasteiger partial charge in [0.2, 0.25) is 0 Å². The zero-order valence-electron chi connectivity index (χ0n) is 11.2. The molecule has 3 heterocycles. The van der Waals surface area contributed by atoms with Crippen LogP contribution in [0, 0.1) is 11.3 Å². The Morgan fingerprint density at radius 1 is 1.55 bits per heavy atom. The number of fused-ring (bicyclic) bond motifs is 3. The number of rotatable bonds is 2.